The van der Waals surface area contributed by atoms with E-state index in [1.807, 2.05) is 30.3 Å². The van der Waals surface area contributed by atoms with E-state index < -0.39 is 0 Å². The van der Waals surface area contributed by atoms with E-state index in [9.17, 15) is 0 Å². The molecule has 0 N–H and O–H groups in total. The number of nitrogens with zero attached hydrogens (tertiary/aromatic N) is 2. The minimum absolute atomic E-state index is 0.276. The van der Waals surface area contributed by atoms with Crippen LogP contribution in [0.5, 0.6) is 11.5 Å². The fourth-order valence-electron chi connectivity index (χ4n) is 2.71. The monoisotopic (exact) mass is 350 g/mol. The Labute approximate surface area is 151 Å². The van der Waals surface area contributed by atoms with Crippen molar-refractivity contribution in [3.63, 3.8) is 0 Å². The van der Waals surface area contributed by atoms with Gasteiger partial charge in [-0.2, -0.15) is 0 Å². The van der Waals surface area contributed by atoms with Gasteiger partial charge in [0.15, 0.2) is 11.5 Å². The van der Waals surface area contributed by atoms with Crippen molar-refractivity contribution >= 4 is 11.8 Å². The maximum absolute atomic E-state index is 5.42. The lowest BCUT2D eigenvalue weighted by atomic mass is 10.1. The molecule has 1 aliphatic heterocycles. The smallest absolute Gasteiger partial charge is 0.231 e. The first-order chi connectivity index (χ1) is 12.2. The number of thioether (sulfide) groups is 1. The summed E-state index contributed by atoms with van der Waals surface area (Å²) in [6.07, 6.45) is 0. The molecule has 1 aliphatic rings. The zero-order valence-corrected chi connectivity index (χ0v) is 15.0. The van der Waals surface area contributed by atoms with Gasteiger partial charge >= 0.3 is 0 Å². The predicted molar refractivity (Wildman–Crippen MR) is 99.1 cm³/mol. The summed E-state index contributed by atoms with van der Waals surface area (Å²) < 4.78 is 10.8. The molecule has 126 valence electrons. The van der Waals surface area contributed by atoms with Gasteiger partial charge < -0.3 is 9.47 Å². The highest BCUT2D eigenvalue weighted by Crippen LogP contribution is 2.35. The summed E-state index contributed by atoms with van der Waals surface area (Å²) >= 11 is 1.70. The van der Waals surface area contributed by atoms with Crippen molar-refractivity contribution in [2.24, 2.45) is 0 Å². The minimum Gasteiger partial charge on any atom is -0.454 e. The Morgan fingerprint density at radius 2 is 1.80 bits per heavy atom. The van der Waals surface area contributed by atoms with Crippen LogP contribution in [0.1, 0.15) is 16.7 Å². The SMILES string of the molecule is Cc1ccc(C)c(CSc2ccc(-c3ccc4c(c3)OCO4)nn2)c1. The summed E-state index contributed by atoms with van der Waals surface area (Å²) in [5, 5.41) is 9.64. The van der Waals surface area contributed by atoms with Crippen LogP contribution in [0.3, 0.4) is 0 Å². The molecule has 0 unspecified atom stereocenters. The van der Waals surface area contributed by atoms with Crippen LogP contribution in [-0.4, -0.2) is 17.0 Å². The first-order valence-corrected chi connectivity index (χ1v) is 9.10. The molecule has 0 aliphatic carbocycles. The lowest BCUT2D eigenvalue weighted by Crippen LogP contribution is -1.93. The maximum Gasteiger partial charge on any atom is 0.231 e. The quantitative estimate of drug-likeness (QED) is 0.634. The van der Waals surface area contributed by atoms with Crippen LogP contribution in [0, 0.1) is 13.8 Å². The Morgan fingerprint density at radius 3 is 2.64 bits per heavy atom. The van der Waals surface area contributed by atoms with Crippen LogP contribution in [0.2, 0.25) is 0 Å². The van der Waals surface area contributed by atoms with Gasteiger partial charge in [0, 0.05) is 11.3 Å². The first kappa shape index (κ1) is 16.0. The summed E-state index contributed by atoms with van der Waals surface area (Å²) in [6.45, 7) is 4.54. The van der Waals surface area contributed by atoms with Crippen molar-refractivity contribution in [1.29, 1.82) is 0 Å². The predicted octanol–water partition coefficient (Wildman–Crippen LogP) is 4.78. The molecule has 1 aromatic heterocycles. The average molecular weight is 350 g/mol. The van der Waals surface area contributed by atoms with E-state index in [0.717, 1.165) is 33.5 Å². The van der Waals surface area contributed by atoms with Gasteiger partial charge in [-0.25, -0.2) is 0 Å². The van der Waals surface area contributed by atoms with Gasteiger partial charge in [-0.1, -0.05) is 35.5 Å². The summed E-state index contributed by atoms with van der Waals surface area (Å²) in [5.74, 6) is 2.43. The molecule has 5 heteroatoms. The fourth-order valence-corrected chi connectivity index (χ4v) is 3.59. The third-order valence-corrected chi connectivity index (χ3v) is 5.16. The minimum atomic E-state index is 0.276. The molecular formula is C20H18N2O2S. The second-order valence-corrected chi connectivity index (χ2v) is 7.04. The number of rotatable bonds is 4. The third-order valence-electron chi connectivity index (χ3n) is 4.19. The van der Waals surface area contributed by atoms with E-state index in [2.05, 4.69) is 42.2 Å². The lowest BCUT2D eigenvalue weighted by Gasteiger charge is -2.07. The van der Waals surface area contributed by atoms with Crippen molar-refractivity contribution in [2.75, 3.05) is 6.79 Å². The first-order valence-electron chi connectivity index (χ1n) is 8.12. The number of hydrogen-bond acceptors (Lipinski definition) is 5. The number of aryl methyl sites for hydroxylation is 2. The van der Waals surface area contributed by atoms with Gasteiger partial charge in [0.25, 0.3) is 0 Å². The maximum atomic E-state index is 5.42. The molecule has 0 amide bonds. The number of fused-ring (bicyclic) bond motifs is 1. The number of benzene rings is 2. The summed E-state index contributed by atoms with van der Waals surface area (Å²) in [4.78, 5) is 0. The normalized spacial score (nSPS) is 12.4. The summed E-state index contributed by atoms with van der Waals surface area (Å²) in [5.41, 5.74) is 5.73. The van der Waals surface area contributed by atoms with E-state index in [4.69, 9.17) is 9.47 Å². The average Bonchev–Trinajstić information content (AvgIpc) is 3.10. The number of aromatic nitrogens is 2. The van der Waals surface area contributed by atoms with Crippen molar-refractivity contribution in [1.82, 2.24) is 10.2 Å². The molecule has 0 saturated carbocycles. The van der Waals surface area contributed by atoms with Gasteiger partial charge in [0.2, 0.25) is 6.79 Å². The van der Waals surface area contributed by atoms with E-state index in [1.54, 1.807) is 11.8 Å². The Hall–Kier alpha value is -2.53. The standard InChI is InChI=1S/C20H18N2O2S/c1-13-3-4-14(2)16(9-13)11-25-20-8-6-17(21-22-20)15-5-7-18-19(10-15)24-12-23-18/h3-10H,11-12H2,1-2H3. The second kappa shape index (κ2) is 6.76. The van der Waals surface area contributed by atoms with Crippen LogP contribution < -0.4 is 9.47 Å². The van der Waals surface area contributed by atoms with Crippen LogP contribution in [0.25, 0.3) is 11.3 Å². The topological polar surface area (TPSA) is 44.2 Å². The highest BCUT2D eigenvalue weighted by Gasteiger charge is 2.14. The van der Waals surface area contributed by atoms with Crippen LogP contribution in [0.4, 0.5) is 0 Å². The van der Waals surface area contributed by atoms with E-state index in [0.29, 0.717) is 0 Å². The zero-order valence-electron chi connectivity index (χ0n) is 14.2. The molecule has 4 nitrogen and oxygen atoms in total. The van der Waals surface area contributed by atoms with Gasteiger partial charge in [-0.3, -0.25) is 0 Å². The lowest BCUT2D eigenvalue weighted by molar-refractivity contribution is 0.174. The fraction of sp³-hybridized carbons (Fsp3) is 0.200. The zero-order chi connectivity index (χ0) is 17.2. The largest absolute Gasteiger partial charge is 0.454 e. The number of hydrogen-bond donors (Lipinski definition) is 0. The molecule has 0 spiro atoms. The Morgan fingerprint density at radius 1 is 0.920 bits per heavy atom. The van der Waals surface area contributed by atoms with Crippen LogP contribution in [-0.2, 0) is 5.75 Å². The summed E-state index contributed by atoms with van der Waals surface area (Å²) in [6, 6.07) is 16.4. The molecule has 0 atom stereocenters. The molecule has 0 bridgehead atoms. The van der Waals surface area contributed by atoms with Gasteiger partial charge in [-0.15, -0.1) is 10.2 Å². The van der Waals surface area contributed by atoms with Crippen molar-refractivity contribution in [3.8, 4) is 22.8 Å². The molecule has 3 aromatic rings. The molecule has 4 rings (SSSR count). The van der Waals surface area contributed by atoms with Crippen LogP contribution >= 0.6 is 11.8 Å². The van der Waals surface area contributed by atoms with Gasteiger partial charge in [-0.05, 0) is 55.3 Å². The molecule has 2 aromatic carbocycles. The number of ether oxygens (including phenoxy) is 2. The molecule has 0 saturated heterocycles. The summed E-state index contributed by atoms with van der Waals surface area (Å²) in [7, 11) is 0. The van der Waals surface area contributed by atoms with Crippen LogP contribution in [0.15, 0.2) is 53.6 Å². The Kier molecular flexibility index (Phi) is 4.32. The molecule has 0 radical (unpaired) electrons. The highest BCUT2D eigenvalue weighted by atomic mass is 32.2. The Balaban J connectivity index is 1.48. The van der Waals surface area contributed by atoms with Crippen molar-refractivity contribution < 1.29 is 9.47 Å². The van der Waals surface area contributed by atoms with Gasteiger partial charge in [0.05, 0.1) is 5.69 Å². The highest BCUT2D eigenvalue weighted by molar-refractivity contribution is 7.98. The van der Waals surface area contributed by atoms with E-state index in [-0.39, 0.29) is 6.79 Å². The van der Waals surface area contributed by atoms with Crippen molar-refractivity contribution in [3.05, 3.63) is 65.2 Å². The Bertz CT molecular complexity index is 910. The third kappa shape index (κ3) is 3.46. The van der Waals surface area contributed by atoms with E-state index in [1.165, 1.54) is 16.7 Å². The molecular weight excluding hydrogens is 332 g/mol. The molecule has 0 fully saturated rings. The van der Waals surface area contributed by atoms with E-state index >= 15 is 0 Å². The molecule has 2 heterocycles. The van der Waals surface area contributed by atoms with Gasteiger partial charge in [0.1, 0.15) is 5.03 Å². The van der Waals surface area contributed by atoms with Crippen molar-refractivity contribution in [2.45, 2.75) is 24.6 Å². The second-order valence-electron chi connectivity index (χ2n) is 6.04. The molecule has 25 heavy (non-hydrogen) atoms.